The van der Waals surface area contributed by atoms with Crippen LogP contribution < -0.4 is 21.9 Å². The summed E-state index contributed by atoms with van der Waals surface area (Å²) in [6.45, 7) is 2.55. The maximum Gasteiger partial charge on any atom is 0.294 e. The van der Waals surface area contributed by atoms with E-state index in [-0.39, 0.29) is 17.3 Å². The zero-order valence-corrected chi connectivity index (χ0v) is 19.3. The highest BCUT2D eigenvalue weighted by atomic mass is 16.2. The van der Waals surface area contributed by atoms with Crippen LogP contribution in [0.1, 0.15) is 35.0 Å². The molecule has 0 fully saturated rings. The monoisotopic (exact) mass is 470 g/mol. The van der Waals surface area contributed by atoms with Crippen molar-refractivity contribution in [2.45, 2.75) is 38.9 Å². The Hall–Kier alpha value is -4.47. The second-order valence-corrected chi connectivity index (χ2v) is 8.51. The molecule has 1 aliphatic heterocycles. The lowest BCUT2D eigenvalue weighted by atomic mass is 10.1. The van der Waals surface area contributed by atoms with Gasteiger partial charge in [0.25, 0.3) is 5.56 Å². The summed E-state index contributed by atoms with van der Waals surface area (Å²) in [7, 11) is 0. The molecule has 10 heteroatoms. The minimum Gasteiger partial charge on any atom is -0.384 e. The average Bonchev–Trinajstić information content (AvgIpc) is 3.51. The molecule has 1 amide bonds. The van der Waals surface area contributed by atoms with Gasteiger partial charge in [0.05, 0.1) is 11.9 Å². The number of rotatable bonds is 7. The molecule has 4 aromatic rings. The maximum absolute atomic E-state index is 13.2. The zero-order valence-electron chi connectivity index (χ0n) is 19.3. The SMILES string of the molecule is Cc1nc(N)ccc1CNC(=O)C1CCc2cnc(NCc3cnn(-c4ccccc4)c3)c(=O)n21. The van der Waals surface area contributed by atoms with Gasteiger partial charge in [0.1, 0.15) is 11.9 Å². The number of hydrogen-bond donors (Lipinski definition) is 3. The van der Waals surface area contributed by atoms with Gasteiger partial charge >= 0.3 is 0 Å². The van der Waals surface area contributed by atoms with Crippen molar-refractivity contribution >= 4 is 17.5 Å². The smallest absolute Gasteiger partial charge is 0.294 e. The van der Waals surface area contributed by atoms with Crippen LogP contribution >= 0.6 is 0 Å². The highest BCUT2D eigenvalue weighted by molar-refractivity contribution is 5.81. The van der Waals surface area contributed by atoms with Crippen LogP contribution in [0.3, 0.4) is 0 Å². The van der Waals surface area contributed by atoms with E-state index in [0.29, 0.717) is 31.7 Å². The number of carbonyl (C=O) groups is 1. The van der Waals surface area contributed by atoms with Crippen LogP contribution in [0.15, 0.2) is 65.8 Å². The summed E-state index contributed by atoms with van der Waals surface area (Å²) in [5.41, 5.74) is 9.65. The second kappa shape index (κ2) is 9.41. The van der Waals surface area contributed by atoms with E-state index in [1.807, 2.05) is 49.5 Å². The van der Waals surface area contributed by atoms with Gasteiger partial charge in [-0.05, 0) is 43.5 Å². The number of hydrogen-bond acceptors (Lipinski definition) is 7. The van der Waals surface area contributed by atoms with Crippen LogP contribution in [0.2, 0.25) is 0 Å². The molecular weight excluding hydrogens is 444 g/mol. The number of para-hydroxylation sites is 1. The number of benzene rings is 1. The first-order valence-corrected chi connectivity index (χ1v) is 11.4. The van der Waals surface area contributed by atoms with E-state index in [4.69, 9.17) is 5.73 Å². The van der Waals surface area contributed by atoms with Crippen molar-refractivity contribution in [1.29, 1.82) is 0 Å². The lowest BCUT2D eigenvalue weighted by molar-refractivity contribution is -0.124. The molecule has 4 N–H and O–H groups in total. The average molecular weight is 471 g/mol. The predicted octanol–water partition coefficient (Wildman–Crippen LogP) is 2.13. The predicted molar refractivity (Wildman–Crippen MR) is 132 cm³/mol. The summed E-state index contributed by atoms with van der Waals surface area (Å²) >= 11 is 0. The largest absolute Gasteiger partial charge is 0.384 e. The van der Waals surface area contributed by atoms with Gasteiger partial charge in [-0.2, -0.15) is 5.10 Å². The standard InChI is InChI=1S/C25H26N8O2/c1-16-18(7-10-22(26)31-16)13-29-24(34)21-9-8-20-14-28-23(25(35)33(20)21)27-11-17-12-30-32(15-17)19-5-3-2-4-6-19/h2-7,10,12,14-15,21H,8-9,11,13H2,1H3,(H2,26,31)(H,27,28)(H,29,34). The van der Waals surface area contributed by atoms with Crippen LogP contribution in [0.4, 0.5) is 11.6 Å². The van der Waals surface area contributed by atoms with E-state index >= 15 is 0 Å². The minimum absolute atomic E-state index is 0.205. The third-order valence-corrected chi connectivity index (χ3v) is 6.15. The number of nitrogen functional groups attached to an aromatic ring is 1. The third-order valence-electron chi connectivity index (χ3n) is 6.15. The first-order valence-electron chi connectivity index (χ1n) is 11.4. The fourth-order valence-corrected chi connectivity index (χ4v) is 4.27. The van der Waals surface area contributed by atoms with Crippen molar-refractivity contribution in [2.75, 3.05) is 11.1 Å². The lowest BCUT2D eigenvalue weighted by Gasteiger charge is -2.16. The fraction of sp³-hybridized carbons (Fsp3) is 0.240. The molecule has 0 aliphatic carbocycles. The molecule has 4 heterocycles. The van der Waals surface area contributed by atoms with Crippen molar-refractivity contribution in [2.24, 2.45) is 0 Å². The summed E-state index contributed by atoms with van der Waals surface area (Å²) in [5.74, 6) is 0.441. The number of pyridine rings is 1. The van der Waals surface area contributed by atoms with Crippen LogP contribution in [-0.4, -0.2) is 30.2 Å². The minimum atomic E-state index is -0.580. The molecular formula is C25H26N8O2. The molecule has 3 aromatic heterocycles. The van der Waals surface area contributed by atoms with Crippen molar-refractivity contribution in [3.05, 3.63) is 93.9 Å². The molecule has 0 spiro atoms. The van der Waals surface area contributed by atoms with E-state index in [1.54, 1.807) is 27.7 Å². The Bertz CT molecular complexity index is 1430. The molecule has 1 aliphatic rings. The second-order valence-electron chi connectivity index (χ2n) is 8.51. The quantitative estimate of drug-likeness (QED) is 0.377. The topological polar surface area (TPSA) is 133 Å². The van der Waals surface area contributed by atoms with Gasteiger partial charge in [0, 0.05) is 42.4 Å². The van der Waals surface area contributed by atoms with Gasteiger partial charge in [-0.25, -0.2) is 14.6 Å². The third kappa shape index (κ3) is 4.63. The van der Waals surface area contributed by atoms with Crippen molar-refractivity contribution in [3.8, 4) is 5.69 Å². The van der Waals surface area contributed by atoms with E-state index in [0.717, 1.165) is 28.2 Å². The summed E-state index contributed by atoms with van der Waals surface area (Å²) in [4.78, 5) is 34.7. The van der Waals surface area contributed by atoms with E-state index in [2.05, 4.69) is 25.7 Å². The number of anilines is 2. The normalized spacial score (nSPS) is 14.5. The van der Waals surface area contributed by atoms with Crippen molar-refractivity contribution in [3.63, 3.8) is 0 Å². The first kappa shape index (κ1) is 22.3. The fourth-order valence-electron chi connectivity index (χ4n) is 4.27. The highest BCUT2D eigenvalue weighted by Gasteiger charge is 2.30. The number of amides is 1. The number of nitrogens with zero attached hydrogens (tertiary/aromatic N) is 5. The lowest BCUT2D eigenvalue weighted by Crippen LogP contribution is -2.36. The van der Waals surface area contributed by atoms with Crippen LogP contribution in [0.25, 0.3) is 5.69 Å². The number of aryl methyl sites for hydroxylation is 2. The Morgan fingerprint density at radius 3 is 2.77 bits per heavy atom. The number of nitrogens with two attached hydrogens (primary N) is 1. The summed E-state index contributed by atoms with van der Waals surface area (Å²) in [5, 5.41) is 10.4. The number of fused-ring (bicyclic) bond motifs is 1. The maximum atomic E-state index is 13.2. The summed E-state index contributed by atoms with van der Waals surface area (Å²) in [6.07, 6.45) is 6.48. The Labute approximate surface area is 201 Å². The van der Waals surface area contributed by atoms with Gasteiger partial charge < -0.3 is 16.4 Å². The van der Waals surface area contributed by atoms with Gasteiger partial charge in [-0.15, -0.1) is 0 Å². The van der Waals surface area contributed by atoms with Crippen molar-refractivity contribution < 1.29 is 4.79 Å². The Morgan fingerprint density at radius 2 is 1.97 bits per heavy atom. The Morgan fingerprint density at radius 1 is 1.14 bits per heavy atom. The summed E-state index contributed by atoms with van der Waals surface area (Å²) in [6, 6.07) is 12.8. The number of carbonyl (C=O) groups excluding carboxylic acids is 1. The van der Waals surface area contributed by atoms with Crippen molar-refractivity contribution in [1.82, 2.24) is 29.6 Å². The van der Waals surface area contributed by atoms with Gasteiger partial charge in [-0.3, -0.25) is 14.2 Å². The Balaban J connectivity index is 1.27. The molecule has 35 heavy (non-hydrogen) atoms. The molecule has 0 saturated carbocycles. The molecule has 1 atom stereocenters. The molecule has 0 radical (unpaired) electrons. The van der Waals surface area contributed by atoms with E-state index < -0.39 is 6.04 Å². The number of aromatic nitrogens is 5. The van der Waals surface area contributed by atoms with Crippen LogP contribution in [-0.2, 0) is 24.3 Å². The molecule has 1 unspecified atom stereocenters. The van der Waals surface area contributed by atoms with Crippen LogP contribution in [0.5, 0.6) is 0 Å². The Kier molecular flexibility index (Phi) is 6.01. The zero-order chi connectivity index (χ0) is 24.4. The molecule has 1 aromatic carbocycles. The highest BCUT2D eigenvalue weighted by Crippen LogP contribution is 2.24. The molecule has 0 bridgehead atoms. The van der Waals surface area contributed by atoms with E-state index in [9.17, 15) is 9.59 Å². The van der Waals surface area contributed by atoms with Crippen LogP contribution in [0, 0.1) is 6.92 Å². The molecule has 5 rings (SSSR count). The molecule has 178 valence electrons. The molecule has 0 saturated heterocycles. The van der Waals surface area contributed by atoms with E-state index in [1.165, 1.54) is 0 Å². The first-order chi connectivity index (χ1) is 17.0. The van der Waals surface area contributed by atoms with Gasteiger partial charge in [0.2, 0.25) is 5.91 Å². The van der Waals surface area contributed by atoms with Gasteiger partial charge in [0.15, 0.2) is 5.82 Å². The molecule has 10 nitrogen and oxygen atoms in total. The summed E-state index contributed by atoms with van der Waals surface area (Å²) < 4.78 is 3.32. The number of nitrogens with one attached hydrogen (secondary N) is 2. The van der Waals surface area contributed by atoms with Gasteiger partial charge in [-0.1, -0.05) is 24.3 Å².